The number of benzene rings is 2. The Morgan fingerprint density at radius 2 is 1.88 bits per heavy atom. The molecule has 0 aliphatic carbocycles. The fourth-order valence-corrected chi connectivity index (χ4v) is 3.47. The van der Waals surface area contributed by atoms with Crippen LogP contribution in [0.5, 0.6) is 0 Å². The van der Waals surface area contributed by atoms with E-state index in [1.165, 1.54) is 29.3 Å². The van der Waals surface area contributed by atoms with Gasteiger partial charge in [0.2, 0.25) is 5.76 Å². The number of halogens is 2. The summed E-state index contributed by atoms with van der Waals surface area (Å²) in [6.45, 7) is 3.71. The molecular formula is C24H25ClFN3O5. The largest absolute Gasteiger partial charge is 0.479 e. The van der Waals surface area contributed by atoms with Crippen molar-refractivity contribution in [3.63, 3.8) is 0 Å². The molecule has 8 nitrogen and oxygen atoms in total. The zero-order valence-electron chi connectivity index (χ0n) is 18.7. The summed E-state index contributed by atoms with van der Waals surface area (Å²) in [6, 6.07) is 12.6. The lowest BCUT2D eigenvalue weighted by atomic mass is 10.0. The van der Waals surface area contributed by atoms with Crippen molar-refractivity contribution >= 4 is 23.5 Å². The molecule has 180 valence electrons. The summed E-state index contributed by atoms with van der Waals surface area (Å²) in [5.41, 5.74) is 4.81. The second kappa shape index (κ2) is 11.2. The minimum Gasteiger partial charge on any atom is -0.479 e. The Balaban J connectivity index is 1.75. The highest BCUT2D eigenvalue weighted by atomic mass is 35.5. The highest BCUT2D eigenvalue weighted by molar-refractivity contribution is 6.30. The van der Waals surface area contributed by atoms with E-state index in [4.69, 9.17) is 21.2 Å². The van der Waals surface area contributed by atoms with Crippen LogP contribution in [0.15, 0.2) is 53.1 Å². The number of aliphatic hydroxyl groups is 1. The van der Waals surface area contributed by atoms with E-state index >= 15 is 0 Å². The Kier molecular flexibility index (Phi) is 8.38. The monoisotopic (exact) mass is 489 g/mol. The van der Waals surface area contributed by atoms with Gasteiger partial charge in [0.1, 0.15) is 5.82 Å². The van der Waals surface area contributed by atoms with Gasteiger partial charge in [-0.2, -0.15) is 0 Å². The first-order valence-electron chi connectivity index (χ1n) is 10.6. The van der Waals surface area contributed by atoms with E-state index < -0.39 is 23.8 Å². The molecule has 0 saturated carbocycles. The van der Waals surface area contributed by atoms with Crippen molar-refractivity contribution in [3.8, 4) is 11.1 Å². The number of carboxylic acid groups (broad SMARTS) is 1. The summed E-state index contributed by atoms with van der Waals surface area (Å²) in [4.78, 5) is 23.8. The van der Waals surface area contributed by atoms with E-state index in [1.54, 1.807) is 24.3 Å². The zero-order valence-corrected chi connectivity index (χ0v) is 19.4. The van der Waals surface area contributed by atoms with Crippen molar-refractivity contribution in [1.29, 1.82) is 0 Å². The van der Waals surface area contributed by atoms with Gasteiger partial charge in [-0.25, -0.2) is 14.2 Å². The van der Waals surface area contributed by atoms with Gasteiger partial charge in [0.05, 0.1) is 12.2 Å². The molecule has 0 aliphatic heterocycles. The zero-order chi connectivity index (χ0) is 24.8. The number of nitrogens with one attached hydrogen (secondary N) is 1. The van der Waals surface area contributed by atoms with Gasteiger partial charge in [0, 0.05) is 23.2 Å². The number of carboxylic acids is 1. The number of carbonyl (C=O) groups excluding carboxylic acids is 1. The Morgan fingerprint density at radius 1 is 1.18 bits per heavy atom. The predicted octanol–water partition coefficient (Wildman–Crippen LogP) is 3.93. The van der Waals surface area contributed by atoms with Crippen molar-refractivity contribution in [2.45, 2.75) is 32.9 Å². The first-order chi connectivity index (χ1) is 16.1. The van der Waals surface area contributed by atoms with Gasteiger partial charge >= 0.3 is 11.9 Å². The molecule has 1 atom stereocenters. The predicted molar refractivity (Wildman–Crippen MR) is 123 cm³/mol. The van der Waals surface area contributed by atoms with E-state index in [0.29, 0.717) is 39.7 Å². The lowest BCUT2D eigenvalue weighted by Crippen LogP contribution is -2.47. The first kappa shape index (κ1) is 25.4. The van der Waals surface area contributed by atoms with Crippen molar-refractivity contribution < 1.29 is 28.7 Å². The number of hydrogen-bond donors (Lipinski definition) is 3. The van der Waals surface area contributed by atoms with Gasteiger partial charge < -0.3 is 14.7 Å². The summed E-state index contributed by atoms with van der Waals surface area (Å²) in [5.74, 6) is -2.18. The summed E-state index contributed by atoms with van der Waals surface area (Å²) < 4.78 is 19.3. The Morgan fingerprint density at radius 3 is 2.53 bits per heavy atom. The maximum absolute atomic E-state index is 14.1. The van der Waals surface area contributed by atoms with Gasteiger partial charge in [0.25, 0.3) is 0 Å². The van der Waals surface area contributed by atoms with Crippen LogP contribution in [0, 0.1) is 11.7 Å². The van der Waals surface area contributed by atoms with Crippen LogP contribution in [0.25, 0.3) is 11.1 Å². The highest BCUT2D eigenvalue weighted by Crippen LogP contribution is 2.26. The van der Waals surface area contributed by atoms with Gasteiger partial charge in [0.15, 0.2) is 6.10 Å². The topological polar surface area (TPSA) is 116 Å². The van der Waals surface area contributed by atoms with Gasteiger partial charge in [-0.3, -0.25) is 10.2 Å². The lowest BCUT2D eigenvalue weighted by molar-refractivity contribution is -0.148. The third-order valence-electron chi connectivity index (χ3n) is 4.90. The van der Waals surface area contributed by atoms with Gasteiger partial charge in [-0.05, 0) is 41.7 Å². The van der Waals surface area contributed by atoms with Crippen molar-refractivity contribution in [2.24, 2.45) is 5.92 Å². The third kappa shape index (κ3) is 6.86. The molecule has 1 aromatic heterocycles. The van der Waals surface area contributed by atoms with E-state index in [9.17, 15) is 19.1 Å². The van der Waals surface area contributed by atoms with Crippen LogP contribution in [0.1, 0.15) is 35.7 Å². The third-order valence-corrected chi connectivity index (χ3v) is 5.14. The molecule has 0 saturated heterocycles. The van der Waals surface area contributed by atoms with Crippen LogP contribution in [-0.4, -0.2) is 44.9 Å². The van der Waals surface area contributed by atoms with Crippen LogP contribution in [-0.2, 0) is 17.8 Å². The van der Waals surface area contributed by atoms with Crippen LogP contribution < -0.4 is 5.43 Å². The molecule has 10 heteroatoms. The van der Waals surface area contributed by atoms with E-state index in [0.717, 1.165) is 0 Å². The van der Waals surface area contributed by atoms with E-state index in [2.05, 4.69) is 10.6 Å². The molecule has 1 amide bonds. The molecule has 3 aromatic rings. The van der Waals surface area contributed by atoms with E-state index in [1.807, 2.05) is 13.8 Å². The summed E-state index contributed by atoms with van der Waals surface area (Å²) >= 11 is 5.97. The number of aromatic nitrogens is 1. The SMILES string of the molecule is CC(C)Cc1cc(C(=O)NN(Cc2ccc(-c3cc(Cl)ccc3F)cc2)CC(O)C(=O)O)on1. The van der Waals surface area contributed by atoms with Crippen molar-refractivity contribution in [2.75, 3.05) is 6.54 Å². The standard InChI is InChI=1S/C24H25ClFN3O5/c1-14(2)9-18-11-22(34-28-18)23(31)27-29(13-21(30)24(32)33)12-15-3-5-16(6-4-15)19-10-17(25)7-8-20(19)26/h3-8,10-11,14,21,30H,9,12-13H2,1-2H3,(H,27,31)(H,32,33). The minimum atomic E-state index is -1.73. The van der Waals surface area contributed by atoms with Gasteiger partial charge in [-0.15, -0.1) is 0 Å². The van der Waals surface area contributed by atoms with Crippen molar-refractivity contribution in [1.82, 2.24) is 15.6 Å². The second-order valence-electron chi connectivity index (χ2n) is 8.28. The molecule has 3 N–H and O–H groups in total. The fraction of sp³-hybridized carbons (Fsp3) is 0.292. The first-order valence-corrected chi connectivity index (χ1v) is 11.0. The molecule has 0 radical (unpaired) electrons. The maximum atomic E-state index is 14.1. The lowest BCUT2D eigenvalue weighted by Gasteiger charge is -2.24. The molecule has 0 spiro atoms. The quantitative estimate of drug-likeness (QED) is 0.369. The van der Waals surface area contributed by atoms with Crippen LogP contribution >= 0.6 is 11.6 Å². The number of rotatable bonds is 10. The highest BCUT2D eigenvalue weighted by Gasteiger charge is 2.22. The summed E-state index contributed by atoms with van der Waals surface area (Å²) in [5, 5.41) is 24.5. The Bertz CT molecular complexity index is 1150. The Labute approximate surface area is 200 Å². The van der Waals surface area contributed by atoms with Crippen LogP contribution in [0.4, 0.5) is 4.39 Å². The molecule has 2 aromatic carbocycles. The second-order valence-corrected chi connectivity index (χ2v) is 8.71. The smallest absolute Gasteiger partial charge is 0.333 e. The molecule has 1 unspecified atom stereocenters. The maximum Gasteiger partial charge on any atom is 0.333 e. The molecule has 34 heavy (non-hydrogen) atoms. The molecule has 0 bridgehead atoms. The van der Waals surface area contributed by atoms with Crippen molar-refractivity contribution in [3.05, 3.63) is 76.4 Å². The number of carbonyl (C=O) groups is 2. The average Bonchev–Trinajstić information content (AvgIpc) is 3.24. The molecule has 0 fully saturated rings. The minimum absolute atomic E-state index is 0.0303. The number of aliphatic hydroxyl groups excluding tert-OH is 1. The number of amides is 1. The summed E-state index contributed by atoms with van der Waals surface area (Å²) in [6.07, 6.45) is -1.09. The van der Waals surface area contributed by atoms with Crippen LogP contribution in [0.3, 0.4) is 0 Å². The Hall–Kier alpha value is -3.27. The molecule has 0 aliphatic rings. The number of hydrogen-bond acceptors (Lipinski definition) is 6. The van der Waals surface area contributed by atoms with Gasteiger partial charge in [-0.1, -0.05) is 54.9 Å². The molecular weight excluding hydrogens is 465 g/mol. The van der Waals surface area contributed by atoms with E-state index in [-0.39, 0.29) is 18.8 Å². The summed E-state index contributed by atoms with van der Waals surface area (Å²) in [7, 11) is 0. The number of hydrazine groups is 1. The van der Waals surface area contributed by atoms with Crippen LogP contribution in [0.2, 0.25) is 5.02 Å². The normalized spacial score (nSPS) is 12.2. The average molecular weight is 490 g/mol. The fourth-order valence-electron chi connectivity index (χ4n) is 3.30. The number of aliphatic carboxylic acids is 1. The molecule has 1 heterocycles. The number of nitrogens with zero attached hydrogens (tertiary/aromatic N) is 2. The molecule has 3 rings (SSSR count).